The van der Waals surface area contributed by atoms with E-state index in [1.165, 1.54) is 44.3 Å². The Balaban J connectivity index is 1.66. The topological polar surface area (TPSA) is 44.7 Å². The Hall–Kier alpha value is -1.26. The highest BCUT2D eigenvalue weighted by Crippen LogP contribution is 2.73. The molecule has 4 nitrogen and oxygen atoms in total. The van der Waals surface area contributed by atoms with Gasteiger partial charge in [0.1, 0.15) is 5.75 Å². The molecule has 3 aliphatic heterocycles. The second-order valence-electron chi connectivity index (χ2n) is 8.82. The Labute approximate surface area is 143 Å². The number of fused-ring (bicyclic) bond motifs is 3. The van der Waals surface area contributed by atoms with Gasteiger partial charge in [-0.3, -0.25) is 4.90 Å². The monoisotopic (exact) mass is 326 g/mol. The van der Waals surface area contributed by atoms with Crippen molar-refractivity contribution in [2.75, 3.05) is 25.5 Å². The van der Waals surface area contributed by atoms with Crippen LogP contribution in [0.1, 0.15) is 44.1 Å². The number of benzene rings is 1. The zero-order chi connectivity index (χ0) is 16.2. The van der Waals surface area contributed by atoms with Crippen LogP contribution in [-0.4, -0.2) is 47.9 Å². The van der Waals surface area contributed by atoms with Crippen LogP contribution in [0.4, 0.5) is 5.69 Å². The number of aliphatic hydroxyl groups is 1. The summed E-state index contributed by atoms with van der Waals surface area (Å²) in [4.78, 5) is 2.76. The quantitative estimate of drug-likeness (QED) is 0.832. The van der Waals surface area contributed by atoms with E-state index >= 15 is 0 Å². The van der Waals surface area contributed by atoms with Gasteiger partial charge in [-0.2, -0.15) is 0 Å². The van der Waals surface area contributed by atoms with Gasteiger partial charge in [0.2, 0.25) is 0 Å². The number of piperidine rings is 1. The molecule has 2 saturated heterocycles. The molecule has 3 saturated carbocycles. The normalized spacial score (nSPS) is 47.8. The molecule has 3 spiro atoms. The fraction of sp³-hybridized carbons (Fsp3) is 0.700. The van der Waals surface area contributed by atoms with E-state index in [2.05, 4.69) is 28.4 Å². The molecule has 0 radical (unpaired) electrons. The SMILES string of the molecule is COc1cccc2c1N[C@@]13CC[C@]4(CCCN5CC[C@]21[C@@H]54)CC3O. The Morgan fingerprint density at radius 2 is 2.12 bits per heavy atom. The standard InChI is InChI=1S/C20H26N2O2/c1-24-14-5-2-4-13-16(14)21-20-8-7-18(12-15(20)23)6-3-10-22-11-9-19(13,20)17(18)22/h2,4-5,15,17,21,23H,3,6-12H2,1H3/t15?,17-,18+,19+,20+/m0/s1. The summed E-state index contributed by atoms with van der Waals surface area (Å²) in [5, 5.41) is 15.2. The van der Waals surface area contributed by atoms with Gasteiger partial charge in [0.15, 0.2) is 0 Å². The molecule has 128 valence electrons. The van der Waals surface area contributed by atoms with Gasteiger partial charge < -0.3 is 15.2 Å². The number of aliphatic hydroxyl groups excluding tert-OH is 1. The summed E-state index contributed by atoms with van der Waals surface area (Å²) in [5.74, 6) is 0.935. The fourth-order valence-corrected chi connectivity index (χ4v) is 7.76. The van der Waals surface area contributed by atoms with E-state index in [4.69, 9.17) is 4.74 Å². The van der Waals surface area contributed by atoms with Crippen molar-refractivity contribution >= 4 is 5.69 Å². The average Bonchev–Trinajstić information content (AvgIpc) is 3.14. The Morgan fingerprint density at radius 3 is 2.96 bits per heavy atom. The van der Waals surface area contributed by atoms with Crippen molar-refractivity contribution in [3.8, 4) is 5.75 Å². The van der Waals surface area contributed by atoms with Crippen LogP contribution in [0.5, 0.6) is 5.75 Å². The molecule has 4 heteroatoms. The zero-order valence-corrected chi connectivity index (χ0v) is 14.3. The molecule has 24 heavy (non-hydrogen) atoms. The van der Waals surface area contributed by atoms with Gasteiger partial charge in [-0.05, 0) is 68.7 Å². The molecule has 3 aliphatic carbocycles. The summed E-state index contributed by atoms with van der Waals surface area (Å²) in [6.07, 6.45) is 6.83. The van der Waals surface area contributed by atoms with Crippen LogP contribution in [0.2, 0.25) is 0 Å². The maximum Gasteiger partial charge on any atom is 0.142 e. The van der Waals surface area contributed by atoms with Gasteiger partial charge in [-0.1, -0.05) is 12.1 Å². The van der Waals surface area contributed by atoms with E-state index in [0.717, 1.165) is 24.3 Å². The molecular weight excluding hydrogens is 300 g/mol. The van der Waals surface area contributed by atoms with E-state index in [9.17, 15) is 5.11 Å². The molecule has 1 aromatic rings. The summed E-state index contributed by atoms with van der Waals surface area (Å²) >= 11 is 0. The third kappa shape index (κ3) is 1.21. The van der Waals surface area contributed by atoms with E-state index in [1.807, 2.05) is 0 Å². The minimum atomic E-state index is -0.252. The number of rotatable bonds is 1. The molecule has 5 fully saturated rings. The van der Waals surface area contributed by atoms with Crippen molar-refractivity contribution in [2.45, 2.75) is 61.6 Å². The molecule has 0 amide bonds. The lowest BCUT2D eigenvalue weighted by Crippen LogP contribution is -2.77. The third-order valence-electron chi connectivity index (χ3n) is 8.38. The fourth-order valence-electron chi connectivity index (χ4n) is 7.76. The van der Waals surface area contributed by atoms with E-state index < -0.39 is 0 Å². The van der Waals surface area contributed by atoms with Crippen LogP contribution in [0.15, 0.2) is 18.2 Å². The van der Waals surface area contributed by atoms with Gasteiger partial charge in [0, 0.05) is 11.5 Å². The first kappa shape index (κ1) is 14.0. The minimum Gasteiger partial charge on any atom is -0.495 e. The zero-order valence-electron chi connectivity index (χ0n) is 14.3. The van der Waals surface area contributed by atoms with Crippen LogP contribution in [0.25, 0.3) is 0 Å². The minimum absolute atomic E-state index is 0.0627. The Morgan fingerprint density at radius 1 is 1.21 bits per heavy atom. The van der Waals surface area contributed by atoms with Crippen LogP contribution in [0.3, 0.4) is 0 Å². The van der Waals surface area contributed by atoms with Crippen molar-refractivity contribution < 1.29 is 9.84 Å². The molecule has 1 aromatic carbocycles. The van der Waals surface area contributed by atoms with E-state index in [-0.39, 0.29) is 17.1 Å². The largest absolute Gasteiger partial charge is 0.495 e. The highest BCUT2D eigenvalue weighted by atomic mass is 16.5. The smallest absolute Gasteiger partial charge is 0.142 e. The summed E-state index contributed by atoms with van der Waals surface area (Å²) in [6.45, 7) is 2.42. The number of hydrogen-bond acceptors (Lipinski definition) is 4. The summed E-state index contributed by atoms with van der Waals surface area (Å²) in [5.41, 5.74) is 2.76. The van der Waals surface area contributed by atoms with Crippen LogP contribution in [-0.2, 0) is 5.41 Å². The maximum absolute atomic E-state index is 11.3. The number of nitrogens with one attached hydrogen (secondary N) is 1. The molecule has 1 unspecified atom stereocenters. The number of ether oxygens (including phenoxy) is 1. The third-order valence-corrected chi connectivity index (χ3v) is 8.38. The highest BCUT2D eigenvalue weighted by molar-refractivity contribution is 5.74. The number of methoxy groups -OCH3 is 1. The van der Waals surface area contributed by atoms with Crippen LogP contribution < -0.4 is 10.1 Å². The predicted molar refractivity (Wildman–Crippen MR) is 92.5 cm³/mol. The van der Waals surface area contributed by atoms with Crippen molar-refractivity contribution in [2.24, 2.45) is 5.41 Å². The van der Waals surface area contributed by atoms with Crippen LogP contribution in [0, 0.1) is 5.41 Å². The maximum atomic E-state index is 11.3. The second-order valence-corrected chi connectivity index (χ2v) is 8.82. The first-order valence-electron chi connectivity index (χ1n) is 9.55. The van der Waals surface area contributed by atoms with Crippen LogP contribution >= 0.6 is 0 Å². The molecule has 6 aliphatic rings. The average molecular weight is 326 g/mol. The number of hydrogen-bond donors (Lipinski definition) is 2. The van der Waals surface area contributed by atoms with Crippen molar-refractivity contribution in [1.29, 1.82) is 0 Å². The first-order chi connectivity index (χ1) is 11.7. The van der Waals surface area contributed by atoms with Gasteiger partial charge >= 0.3 is 0 Å². The van der Waals surface area contributed by atoms with Gasteiger partial charge in [0.25, 0.3) is 0 Å². The summed E-state index contributed by atoms with van der Waals surface area (Å²) in [7, 11) is 1.76. The lowest BCUT2D eigenvalue weighted by atomic mass is 9.41. The molecule has 3 heterocycles. The number of anilines is 1. The van der Waals surface area contributed by atoms with Crippen molar-refractivity contribution in [1.82, 2.24) is 4.90 Å². The highest BCUT2D eigenvalue weighted by Gasteiger charge is 2.78. The molecule has 2 bridgehead atoms. The molecule has 5 atom stereocenters. The molecular formula is C20H26N2O2. The molecule has 0 aromatic heterocycles. The lowest BCUT2D eigenvalue weighted by Gasteiger charge is -2.68. The lowest BCUT2D eigenvalue weighted by molar-refractivity contribution is -0.155. The summed E-state index contributed by atoms with van der Waals surface area (Å²) in [6, 6.07) is 7.09. The van der Waals surface area contributed by atoms with Gasteiger partial charge in [0.05, 0.1) is 24.4 Å². The first-order valence-corrected chi connectivity index (χ1v) is 9.55. The van der Waals surface area contributed by atoms with Crippen molar-refractivity contribution in [3.63, 3.8) is 0 Å². The Bertz CT molecular complexity index is 736. The summed E-state index contributed by atoms with van der Waals surface area (Å²) < 4.78 is 5.68. The second kappa shape index (κ2) is 4.10. The van der Waals surface area contributed by atoms with Gasteiger partial charge in [-0.15, -0.1) is 0 Å². The van der Waals surface area contributed by atoms with Crippen molar-refractivity contribution in [3.05, 3.63) is 23.8 Å². The predicted octanol–water partition coefficient (Wildman–Crippen LogP) is 2.51. The number of nitrogens with zero attached hydrogens (tertiary/aromatic N) is 1. The molecule has 7 rings (SSSR count). The van der Waals surface area contributed by atoms with Gasteiger partial charge in [-0.25, -0.2) is 0 Å². The van der Waals surface area contributed by atoms with E-state index in [0.29, 0.717) is 11.5 Å². The Kier molecular flexibility index (Phi) is 2.39. The molecule has 2 N–H and O–H groups in total. The number of para-hydroxylation sites is 1. The van der Waals surface area contributed by atoms with E-state index in [1.54, 1.807) is 7.11 Å².